The van der Waals surface area contributed by atoms with Crippen molar-refractivity contribution in [2.75, 3.05) is 20.2 Å². The van der Waals surface area contributed by atoms with E-state index in [1.54, 1.807) is 24.3 Å². The molecular weight excluding hydrogens is 448 g/mol. The standard InChI is InChI=1S/C27H30N2O4S/c1-20-10-12-22(13-11-20)26(21-7-4-3-5-8-21)28-27(30)23-9-6-18-29(19-23)34(31,32)25-16-14-24(33-2)15-17-25/h3-5,7-8,10-17,23,26H,6,9,18-19H2,1-2H3,(H,28,30)/t23-,26+/m1/s1. The first kappa shape index (κ1) is 24.0. The van der Waals surface area contributed by atoms with E-state index in [0.29, 0.717) is 25.1 Å². The Morgan fingerprint density at radius 3 is 2.26 bits per heavy atom. The van der Waals surface area contributed by atoms with Gasteiger partial charge in [0.1, 0.15) is 5.75 Å². The first-order valence-electron chi connectivity index (χ1n) is 11.4. The molecule has 0 bridgehead atoms. The summed E-state index contributed by atoms with van der Waals surface area (Å²) in [4.78, 5) is 13.6. The monoisotopic (exact) mass is 478 g/mol. The quantitative estimate of drug-likeness (QED) is 0.549. The number of nitrogens with zero attached hydrogens (tertiary/aromatic N) is 1. The Kier molecular flexibility index (Phi) is 7.34. The number of nitrogens with one attached hydrogen (secondary N) is 1. The third kappa shape index (κ3) is 5.32. The molecule has 1 N–H and O–H groups in total. The largest absolute Gasteiger partial charge is 0.497 e. The van der Waals surface area contributed by atoms with Gasteiger partial charge in [-0.25, -0.2) is 8.42 Å². The van der Waals surface area contributed by atoms with Gasteiger partial charge in [-0.2, -0.15) is 4.31 Å². The van der Waals surface area contributed by atoms with E-state index in [2.05, 4.69) is 5.32 Å². The van der Waals surface area contributed by atoms with Crippen LogP contribution >= 0.6 is 0 Å². The van der Waals surface area contributed by atoms with E-state index in [-0.39, 0.29) is 23.4 Å². The molecule has 0 aliphatic carbocycles. The van der Waals surface area contributed by atoms with E-state index < -0.39 is 15.9 Å². The zero-order valence-corrected chi connectivity index (χ0v) is 20.3. The van der Waals surface area contributed by atoms with Crippen molar-refractivity contribution in [2.24, 2.45) is 5.92 Å². The average molecular weight is 479 g/mol. The van der Waals surface area contributed by atoms with E-state index in [9.17, 15) is 13.2 Å². The Balaban J connectivity index is 1.52. The van der Waals surface area contributed by atoms with Gasteiger partial charge in [-0.05, 0) is 55.2 Å². The normalized spacial score (nSPS) is 17.6. The molecule has 1 aliphatic heterocycles. The molecule has 1 aliphatic rings. The number of methoxy groups -OCH3 is 1. The van der Waals surface area contributed by atoms with Crippen molar-refractivity contribution in [3.05, 3.63) is 95.6 Å². The highest BCUT2D eigenvalue weighted by Gasteiger charge is 2.34. The van der Waals surface area contributed by atoms with Crippen LogP contribution in [-0.4, -0.2) is 38.8 Å². The van der Waals surface area contributed by atoms with Gasteiger partial charge in [-0.1, -0.05) is 60.2 Å². The number of carbonyl (C=O) groups excluding carboxylic acids is 1. The van der Waals surface area contributed by atoms with E-state index in [0.717, 1.165) is 16.7 Å². The number of piperidine rings is 1. The minimum Gasteiger partial charge on any atom is -0.497 e. The van der Waals surface area contributed by atoms with Crippen LogP contribution in [0.2, 0.25) is 0 Å². The van der Waals surface area contributed by atoms with E-state index in [1.807, 2.05) is 61.5 Å². The van der Waals surface area contributed by atoms with Gasteiger partial charge in [0, 0.05) is 13.1 Å². The van der Waals surface area contributed by atoms with Gasteiger partial charge in [0.05, 0.1) is 24.0 Å². The Bertz CT molecular complexity index is 1210. The fourth-order valence-electron chi connectivity index (χ4n) is 4.30. The molecule has 3 aromatic rings. The average Bonchev–Trinajstić information content (AvgIpc) is 2.88. The molecule has 34 heavy (non-hydrogen) atoms. The fourth-order valence-corrected chi connectivity index (χ4v) is 5.82. The number of aryl methyl sites for hydroxylation is 1. The maximum atomic E-state index is 13.4. The summed E-state index contributed by atoms with van der Waals surface area (Å²) in [7, 11) is -2.15. The van der Waals surface area contributed by atoms with Crippen molar-refractivity contribution in [3.63, 3.8) is 0 Å². The lowest BCUT2D eigenvalue weighted by atomic mass is 9.94. The molecule has 6 nitrogen and oxygen atoms in total. The SMILES string of the molecule is COc1ccc(S(=O)(=O)N2CCC[C@@H](C(=O)N[C@@H](c3ccccc3)c3ccc(C)cc3)C2)cc1. The number of ether oxygens (including phenoxy) is 1. The van der Waals surface area contributed by atoms with Gasteiger partial charge in [-0.15, -0.1) is 0 Å². The van der Waals surface area contributed by atoms with Crippen LogP contribution in [0, 0.1) is 12.8 Å². The van der Waals surface area contributed by atoms with E-state index >= 15 is 0 Å². The maximum Gasteiger partial charge on any atom is 0.243 e. The lowest BCUT2D eigenvalue weighted by molar-refractivity contribution is -0.126. The minimum absolute atomic E-state index is 0.135. The van der Waals surface area contributed by atoms with Crippen LogP contribution in [0.25, 0.3) is 0 Å². The topological polar surface area (TPSA) is 75.7 Å². The molecule has 0 aromatic heterocycles. The zero-order chi connectivity index (χ0) is 24.1. The molecule has 2 atom stereocenters. The molecule has 0 spiro atoms. The van der Waals surface area contributed by atoms with Crippen molar-refractivity contribution in [2.45, 2.75) is 30.7 Å². The smallest absolute Gasteiger partial charge is 0.243 e. The van der Waals surface area contributed by atoms with Crippen molar-refractivity contribution >= 4 is 15.9 Å². The Morgan fingerprint density at radius 2 is 1.62 bits per heavy atom. The summed E-state index contributed by atoms with van der Waals surface area (Å²) in [5, 5.41) is 3.19. The van der Waals surface area contributed by atoms with E-state index in [4.69, 9.17) is 4.74 Å². The Labute approximate surface area is 201 Å². The van der Waals surface area contributed by atoms with Crippen LogP contribution in [0.3, 0.4) is 0 Å². The maximum absolute atomic E-state index is 13.4. The fraction of sp³-hybridized carbons (Fsp3) is 0.296. The van der Waals surface area contributed by atoms with Crippen LogP contribution in [0.4, 0.5) is 0 Å². The lowest BCUT2D eigenvalue weighted by Gasteiger charge is -2.32. The number of sulfonamides is 1. The number of rotatable bonds is 7. The molecule has 7 heteroatoms. The molecule has 1 amide bonds. The molecule has 4 rings (SSSR count). The number of hydrogen-bond donors (Lipinski definition) is 1. The van der Waals surface area contributed by atoms with Gasteiger partial charge in [-0.3, -0.25) is 4.79 Å². The lowest BCUT2D eigenvalue weighted by Crippen LogP contribution is -2.46. The summed E-state index contributed by atoms with van der Waals surface area (Å²) < 4.78 is 33.0. The highest BCUT2D eigenvalue weighted by atomic mass is 32.2. The first-order chi connectivity index (χ1) is 16.4. The summed E-state index contributed by atoms with van der Waals surface area (Å²) in [6, 6.07) is 24.0. The zero-order valence-electron chi connectivity index (χ0n) is 19.5. The Hall–Kier alpha value is -3.16. The van der Waals surface area contributed by atoms with Crippen molar-refractivity contribution in [1.82, 2.24) is 9.62 Å². The number of benzene rings is 3. The summed E-state index contributed by atoms with van der Waals surface area (Å²) in [5.41, 5.74) is 3.12. The first-order valence-corrected chi connectivity index (χ1v) is 12.9. The molecule has 178 valence electrons. The summed E-state index contributed by atoms with van der Waals surface area (Å²) in [6.07, 6.45) is 1.28. The van der Waals surface area contributed by atoms with Gasteiger partial charge in [0.2, 0.25) is 15.9 Å². The van der Waals surface area contributed by atoms with Gasteiger partial charge >= 0.3 is 0 Å². The van der Waals surface area contributed by atoms with Crippen molar-refractivity contribution in [1.29, 1.82) is 0 Å². The number of amides is 1. The second-order valence-electron chi connectivity index (χ2n) is 8.64. The summed E-state index contributed by atoms with van der Waals surface area (Å²) in [6.45, 7) is 2.59. The molecule has 1 fully saturated rings. The summed E-state index contributed by atoms with van der Waals surface area (Å²) >= 11 is 0. The van der Waals surface area contributed by atoms with Gasteiger partial charge < -0.3 is 10.1 Å². The van der Waals surface area contributed by atoms with Crippen LogP contribution in [-0.2, 0) is 14.8 Å². The molecule has 0 unspecified atom stereocenters. The van der Waals surface area contributed by atoms with Gasteiger partial charge in [0.25, 0.3) is 0 Å². The van der Waals surface area contributed by atoms with Gasteiger partial charge in [0.15, 0.2) is 0 Å². The molecule has 0 saturated carbocycles. The van der Waals surface area contributed by atoms with Crippen LogP contribution in [0.15, 0.2) is 83.8 Å². The highest BCUT2D eigenvalue weighted by molar-refractivity contribution is 7.89. The highest BCUT2D eigenvalue weighted by Crippen LogP contribution is 2.27. The second kappa shape index (κ2) is 10.4. The minimum atomic E-state index is -3.69. The molecule has 3 aromatic carbocycles. The van der Waals surface area contributed by atoms with Crippen molar-refractivity contribution < 1.29 is 17.9 Å². The Morgan fingerprint density at radius 1 is 0.971 bits per heavy atom. The predicted molar refractivity (Wildman–Crippen MR) is 132 cm³/mol. The van der Waals surface area contributed by atoms with Crippen LogP contribution in [0.1, 0.15) is 35.6 Å². The molecular formula is C27H30N2O4S. The number of hydrogen-bond acceptors (Lipinski definition) is 4. The van der Waals surface area contributed by atoms with Crippen LogP contribution < -0.4 is 10.1 Å². The summed E-state index contributed by atoms with van der Waals surface area (Å²) in [5.74, 6) is 0.0420. The third-order valence-corrected chi connectivity index (χ3v) is 8.16. The molecule has 0 radical (unpaired) electrons. The van der Waals surface area contributed by atoms with Crippen LogP contribution in [0.5, 0.6) is 5.75 Å². The van der Waals surface area contributed by atoms with E-state index in [1.165, 1.54) is 11.4 Å². The molecule has 1 heterocycles. The third-order valence-electron chi connectivity index (χ3n) is 6.28. The predicted octanol–water partition coefficient (Wildman–Crippen LogP) is 4.31. The molecule has 1 saturated heterocycles. The second-order valence-corrected chi connectivity index (χ2v) is 10.6. The van der Waals surface area contributed by atoms with Crippen molar-refractivity contribution in [3.8, 4) is 5.75 Å². The number of carbonyl (C=O) groups is 1.